The van der Waals surface area contributed by atoms with Crippen LogP contribution in [-0.4, -0.2) is 63.9 Å². The normalized spacial score (nSPS) is 14.6. The second-order valence-electron chi connectivity index (χ2n) is 7.50. The number of nitrogens with zero attached hydrogens (tertiary/aromatic N) is 3. The number of rotatable bonds is 8. The number of methoxy groups -OCH3 is 1. The van der Waals surface area contributed by atoms with Crippen LogP contribution in [0.4, 0.5) is 0 Å². The van der Waals surface area contributed by atoms with E-state index in [4.69, 9.17) is 59.2 Å². The SMILES string of the molecule is C=CCc1ccc(OC)cc1.Clc1ccc(C2(Cn3cncn3)OCCO2)c(Cl)c1.OCC(O)CCl. The number of benzene rings is 2. The van der Waals surface area contributed by atoms with Gasteiger partial charge in [-0.05, 0) is 36.2 Å². The molecule has 8 nitrogen and oxygen atoms in total. The summed E-state index contributed by atoms with van der Waals surface area (Å²) in [4.78, 5) is 3.91. The third-order valence-corrected chi connectivity index (χ3v) is 5.76. The summed E-state index contributed by atoms with van der Waals surface area (Å²) in [5.74, 6) is 0.0732. The molecule has 2 N–H and O–H groups in total. The molecule has 0 aliphatic carbocycles. The first-order valence-electron chi connectivity index (χ1n) is 11.0. The molecule has 36 heavy (non-hydrogen) atoms. The molecule has 3 aromatic rings. The summed E-state index contributed by atoms with van der Waals surface area (Å²) < 4.78 is 18.2. The Morgan fingerprint density at radius 2 is 1.89 bits per heavy atom. The number of hydrogen-bond acceptors (Lipinski definition) is 7. The fourth-order valence-corrected chi connectivity index (χ4v) is 3.74. The first-order chi connectivity index (χ1) is 17.4. The smallest absolute Gasteiger partial charge is 0.216 e. The second kappa shape index (κ2) is 15.8. The molecule has 0 saturated carbocycles. The fraction of sp³-hybridized carbons (Fsp3) is 0.360. The lowest BCUT2D eigenvalue weighted by Crippen LogP contribution is -2.33. The molecular formula is C25H30Cl3N3O5. The highest BCUT2D eigenvalue weighted by atomic mass is 35.5. The highest BCUT2D eigenvalue weighted by Crippen LogP contribution is 2.38. The van der Waals surface area contributed by atoms with Crippen LogP contribution in [0.3, 0.4) is 0 Å². The monoisotopic (exact) mass is 557 g/mol. The fourth-order valence-electron chi connectivity index (χ4n) is 3.09. The molecule has 1 aliphatic rings. The van der Waals surface area contributed by atoms with Crippen molar-refractivity contribution >= 4 is 34.8 Å². The van der Waals surface area contributed by atoms with Crippen LogP contribution in [0.15, 0.2) is 67.8 Å². The quantitative estimate of drug-likeness (QED) is 0.311. The van der Waals surface area contributed by atoms with Gasteiger partial charge >= 0.3 is 0 Å². The summed E-state index contributed by atoms with van der Waals surface area (Å²) in [6.45, 7) is 4.82. The van der Waals surface area contributed by atoms with Gasteiger partial charge < -0.3 is 24.4 Å². The Hall–Kier alpha value is -2.17. The van der Waals surface area contributed by atoms with Crippen molar-refractivity contribution < 1.29 is 24.4 Å². The van der Waals surface area contributed by atoms with Crippen molar-refractivity contribution in [3.63, 3.8) is 0 Å². The predicted octanol–water partition coefficient (Wildman–Crippen LogP) is 4.49. The van der Waals surface area contributed by atoms with E-state index >= 15 is 0 Å². The third kappa shape index (κ3) is 9.37. The Kier molecular flexibility index (Phi) is 13.2. The molecule has 0 amide bonds. The number of hydrogen-bond donors (Lipinski definition) is 2. The van der Waals surface area contributed by atoms with Gasteiger partial charge in [-0.3, -0.25) is 0 Å². The molecule has 1 atom stereocenters. The van der Waals surface area contributed by atoms with Gasteiger partial charge in [0.25, 0.3) is 0 Å². The molecule has 4 rings (SSSR count). The van der Waals surface area contributed by atoms with Gasteiger partial charge in [-0.25, -0.2) is 9.67 Å². The van der Waals surface area contributed by atoms with Gasteiger partial charge in [-0.15, -0.1) is 18.2 Å². The predicted molar refractivity (Wildman–Crippen MR) is 141 cm³/mol. The lowest BCUT2D eigenvalue weighted by Gasteiger charge is -2.28. The summed E-state index contributed by atoms with van der Waals surface area (Å²) in [6.07, 6.45) is 5.14. The Morgan fingerprint density at radius 1 is 1.19 bits per heavy atom. The Morgan fingerprint density at radius 3 is 2.36 bits per heavy atom. The molecule has 1 fully saturated rings. The van der Waals surface area contributed by atoms with Crippen LogP contribution in [0, 0.1) is 0 Å². The van der Waals surface area contributed by atoms with E-state index in [0.29, 0.717) is 29.8 Å². The molecule has 196 valence electrons. The third-order valence-electron chi connectivity index (χ3n) is 4.86. The highest BCUT2D eigenvalue weighted by molar-refractivity contribution is 6.35. The van der Waals surface area contributed by atoms with Crippen LogP contribution in [0.25, 0.3) is 0 Å². The number of alkyl halides is 1. The lowest BCUT2D eigenvalue weighted by molar-refractivity contribution is -0.177. The number of ether oxygens (including phenoxy) is 3. The summed E-state index contributed by atoms with van der Waals surface area (Å²) in [5.41, 5.74) is 2.01. The minimum atomic E-state index is -0.935. The molecule has 1 aliphatic heterocycles. The van der Waals surface area contributed by atoms with E-state index in [9.17, 15) is 0 Å². The van der Waals surface area contributed by atoms with Crippen LogP contribution >= 0.6 is 34.8 Å². The minimum Gasteiger partial charge on any atom is -0.497 e. The molecule has 2 aromatic carbocycles. The summed E-state index contributed by atoms with van der Waals surface area (Å²) in [5, 5.41) is 21.4. The van der Waals surface area contributed by atoms with Crippen LogP contribution in [0.5, 0.6) is 5.75 Å². The van der Waals surface area contributed by atoms with Crippen LogP contribution in [-0.2, 0) is 28.2 Å². The average molecular weight is 559 g/mol. The van der Waals surface area contributed by atoms with Crippen molar-refractivity contribution in [3.8, 4) is 5.75 Å². The number of allylic oxidation sites excluding steroid dienone is 1. The van der Waals surface area contributed by atoms with Crippen molar-refractivity contribution in [3.05, 3.63) is 88.9 Å². The number of aliphatic hydroxyl groups is 2. The minimum absolute atomic E-state index is 0.108. The maximum Gasteiger partial charge on any atom is 0.216 e. The zero-order chi connectivity index (χ0) is 26.4. The Balaban J connectivity index is 0.000000227. The van der Waals surface area contributed by atoms with Gasteiger partial charge in [0.1, 0.15) is 24.9 Å². The molecule has 1 aromatic heterocycles. The Bertz CT molecular complexity index is 1030. The Labute approximate surface area is 226 Å². The van der Waals surface area contributed by atoms with Crippen molar-refractivity contribution in [2.75, 3.05) is 32.8 Å². The summed E-state index contributed by atoms with van der Waals surface area (Å²) in [6, 6.07) is 13.2. The van der Waals surface area contributed by atoms with Gasteiger partial charge in [0.15, 0.2) is 0 Å². The lowest BCUT2D eigenvalue weighted by atomic mass is 10.1. The van der Waals surface area contributed by atoms with E-state index < -0.39 is 11.9 Å². The van der Waals surface area contributed by atoms with Crippen LogP contribution in [0.1, 0.15) is 11.1 Å². The van der Waals surface area contributed by atoms with E-state index in [-0.39, 0.29) is 12.5 Å². The maximum atomic E-state index is 8.28. The molecule has 1 saturated heterocycles. The second-order valence-corrected chi connectivity index (χ2v) is 8.65. The van der Waals surface area contributed by atoms with Gasteiger partial charge in [0, 0.05) is 10.6 Å². The van der Waals surface area contributed by atoms with Crippen molar-refractivity contribution in [1.82, 2.24) is 14.8 Å². The number of halogens is 3. The average Bonchev–Trinajstić information content (AvgIpc) is 3.58. The number of aliphatic hydroxyl groups excluding tert-OH is 2. The van der Waals surface area contributed by atoms with Gasteiger partial charge in [0.2, 0.25) is 5.79 Å². The van der Waals surface area contributed by atoms with Gasteiger partial charge in [-0.2, -0.15) is 5.10 Å². The molecule has 0 radical (unpaired) electrons. The van der Waals surface area contributed by atoms with Crippen molar-refractivity contribution in [2.24, 2.45) is 0 Å². The molecule has 0 spiro atoms. The maximum absolute atomic E-state index is 8.28. The van der Waals surface area contributed by atoms with Crippen molar-refractivity contribution in [2.45, 2.75) is 24.9 Å². The molecule has 2 heterocycles. The molecule has 0 bridgehead atoms. The van der Waals surface area contributed by atoms with E-state index in [1.165, 1.54) is 11.9 Å². The molecular weight excluding hydrogens is 529 g/mol. The van der Waals surface area contributed by atoms with E-state index in [2.05, 4.69) is 16.7 Å². The molecule has 11 heteroatoms. The van der Waals surface area contributed by atoms with E-state index in [1.807, 2.05) is 36.4 Å². The zero-order valence-electron chi connectivity index (χ0n) is 19.9. The van der Waals surface area contributed by atoms with Gasteiger partial charge in [0.05, 0.1) is 43.9 Å². The number of aromatic nitrogens is 3. The first-order valence-corrected chi connectivity index (χ1v) is 12.3. The topological polar surface area (TPSA) is 98.9 Å². The zero-order valence-corrected chi connectivity index (χ0v) is 22.2. The van der Waals surface area contributed by atoms with E-state index in [0.717, 1.165) is 17.7 Å². The van der Waals surface area contributed by atoms with Crippen LogP contribution in [0.2, 0.25) is 10.0 Å². The first kappa shape index (κ1) is 30.1. The van der Waals surface area contributed by atoms with E-state index in [1.54, 1.807) is 30.3 Å². The molecule has 1 unspecified atom stereocenters. The van der Waals surface area contributed by atoms with Crippen molar-refractivity contribution in [1.29, 1.82) is 0 Å². The summed E-state index contributed by atoms with van der Waals surface area (Å²) in [7, 11) is 1.67. The van der Waals surface area contributed by atoms with Crippen LogP contribution < -0.4 is 4.74 Å². The summed E-state index contributed by atoms with van der Waals surface area (Å²) >= 11 is 17.2. The largest absolute Gasteiger partial charge is 0.497 e. The van der Waals surface area contributed by atoms with Gasteiger partial charge in [-0.1, -0.05) is 47.5 Å². The standard InChI is InChI=1S/C12H11Cl2N3O2.C10H12O.C3H7ClO2/c13-9-1-2-10(11(14)5-9)12(18-3-4-19-12)6-17-8-15-7-16-17;1-3-4-9-5-7-10(11-2)8-6-9;4-1-3(6)2-5/h1-2,5,7-8H,3-4,6H2;3,5-8H,1,4H2,2H3;3,5-6H,1-2H2. The highest BCUT2D eigenvalue weighted by Gasteiger charge is 2.41.